The summed E-state index contributed by atoms with van der Waals surface area (Å²) in [6.07, 6.45) is 1.46. The highest BCUT2D eigenvalue weighted by Gasteiger charge is 2.37. The number of nitrogens with two attached hydrogens (primary N) is 1. The van der Waals surface area contributed by atoms with Crippen molar-refractivity contribution < 1.29 is 17.2 Å². The first kappa shape index (κ1) is 15.3. The summed E-state index contributed by atoms with van der Waals surface area (Å²) in [7, 11) is -4.19. The summed E-state index contributed by atoms with van der Waals surface area (Å²) < 4.78 is 53.6. The summed E-state index contributed by atoms with van der Waals surface area (Å²) in [5, 5.41) is 0. The maximum atomic E-state index is 13.7. The fraction of sp³-hybridized carbons (Fsp3) is 0.538. The molecule has 2 unspecified atom stereocenters. The van der Waals surface area contributed by atoms with Crippen LogP contribution in [0.2, 0.25) is 0 Å². The minimum atomic E-state index is -4.19. The van der Waals surface area contributed by atoms with Gasteiger partial charge in [0, 0.05) is 12.6 Å². The second kappa shape index (κ2) is 5.75. The lowest BCUT2D eigenvalue weighted by atomic mass is 9.96. The highest BCUT2D eigenvalue weighted by atomic mass is 32.2. The summed E-state index contributed by atoms with van der Waals surface area (Å²) in [5.41, 5.74) is 5.58. The van der Waals surface area contributed by atoms with E-state index in [1.807, 2.05) is 0 Å². The van der Waals surface area contributed by atoms with E-state index in [9.17, 15) is 17.2 Å². The highest BCUT2D eigenvalue weighted by molar-refractivity contribution is 7.89. The van der Waals surface area contributed by atoms with Gasteiger partial charge in [0.1, 0.15) is 11.6 Å². The first-order valence-corrected chi connectivity index (χ1v) is 7.98. The lowest BCUT2D eigenvalue weighted by Gasteiger charge is -2.36. The van der Waals surface area contributed by atoms with E-state index in [0.717, 1.165) is 28.9 Å². The molecule has 20 heavy (non-hydrogen) atoms. The summed E-state index contributed by atoms with van der Waals surface area (Å²) >= 11 is 0. The average molecular weight is 304 g/mol. The van der Waals surface area contributed by atoms with Crippen LogP contribution in [0.15, 0.2) is 23.1 Å². The number of rotatable bonds is 3. The Labute approximate surface area is 117 Å². The summed E-state index contributed by atoms with van der Waals surface area (Å²) in [6.45, 7) is 2.30. The first-order valence-electron chi connectivity index (χ1n) is 6.54. The molecule has 2 rings (SSSR count). The third-order valence-corrected chi connectivity index (χ3v) is 5.77. The maximum Gasteiger partial charge on any atom is 0.249 e. The molecule has 4 nitrogen and oxygen atoms in total. The minimum absolute atomic E-state index is 0.0239. The summed E-state index contributed by atoms with van der Waals surface area (Å²) in [6, 6.07) is 2.75. The van der Waals surface area contributed by atoms with Crippen LogP contribution in [-0.4, -0.2) is 31.9 Å². The monoisotopic (exact) mass is 304 g/mol. The maximum absolute atomic E-state index is 13.7. The number of benzene rings is 1. The van der Waals surface area contributed by atoms with Crippen molar-refractivity contribution in [2.45, 2.75) is 30.7 Å². The summed E-state index contributed by atoms with van der Waals surface area (Å²) in [5.74, 6) is -2.10. The van der Waals surface area contributed by atoms with Crippen LogP contribution in [-0.2, 0) is 10.0 Å². The van der Waals surface area contributed by atoms with Gasteiger partial charge in [-0.2, -0.15) is 4.31 Å². The minimum Gasteiger partial charge on any atom is -0.330 e. The van der Waals surface area contributed by atoms with Crippen molar-refractivity contribution in [2.75, 3.05) is 13.1 Å². The van der Waals surface area contributed by atoms with Gasteiger partial charge in [0.05, 0.1) is 0 Å². The number of sulfonamides is 1. The zero-order chi connectivity index (χ0) is 14.9. The molecule has 2 atom stereocenters. The van der Waals surface area contributed by atoms with Gasteiger partial charge in [-0.25, -0.2) is 17.2 Å². The molecule has 1 aliphatic rings. The van der Waals surface area contributed by atoms with Gasteiger partial charge in [0.25, 0.3) is 0 Å². The molecule has 1 saturated heterocycles. The van der Waals surface area contributed by atoms with Crippen LogP contribution in [0.5, 0.6) is 0 Å². The predicted molar refractivity (Wildman–Crippen MR) is 71.5 cm³/mol. The number of nitrogens with zero attached hydrogens (tertiary/aromatic N) is 1. The van der Waals surface area contributed by atoms with Crippen molar-refractivity contribution in [2.24, 2.45) is 11.7 Å². The molecule has 0 aromatic heterocycles. The zero-order valence-corrected chi connectivity index (χ0v) is 12.0. The van der Waals surface area contributed by atoms with E-state index >= 15 is 0 Å². The topological polar surface area (TPSA) is 63.4 Å². The Hall–Kier alpha value is -1.05. The Balaban J connectivity index is 2.43. The van der Waals surface area contributed by atoms with Crippen LogP contribution >= 0.6 is 0 Å². The molecule has 0 bridgehead atoms. The average Bonchev–Trinajstić information content (AvgIpc) is 2.38. The van der Waals surface area contributed by atoms with Crippen LogP contribution in [0.1, 0.15) is 19.8 Å². The van der Waals surface area contributed by atoms with E-state index < -0.39 is 26.6 Å². The van der Waals surface area contributed by atoms with Crippen molar-refractivity contribution in [3.63, 3.8) is 0 Å². The molecule has 1 aromatic rings. The number of halogens is 2. The van der Waals surface area contributed by atoms with Crippen LogP contribution in [0.3, 0.4) is 0 Å². The molecule has 0 aliphatic carbocycles. The molecular weight excluding hydrogens is 286 g/mol. The Bertz CT molecular complexity index is 572. The Kier molecular flexibility index (Phi) is 4.41. The number of piperidine rings is 1. The fourth-order valence-electron chi connectivity index (χ4n) is 2.52. The van der Waals surface area contributed by atoms with E-state index in [1.165, 1.54) is 0 Å². The first-order chi connectivity index (χ1) is 9.37. The second-order valence-corrected chi connectivity index (χ2v) is 6.98. The van der Waals surface area contributed by atoms with E-state index in [2.05, 4.69) is 0 Å². The molecule has 1 aliphatic heterocycles. The van der Waals surface area contributed by atoms with Crippen molar-refractivity contribution in [1.82, 2.24) is 4.31 Å². The lowest BCUT2D eigenvalue weighted by molar-refractivity contribution is 0.210. The summed E-state index contributed by atoms with van der Waals surface area (Å²) in [4.78, 5) is -0.871. The SMILES string of the molecule is CC1CCC(CN)CN1S(=O)(=O)c1c(F)cccc1F. The molecule has 112 valence electrons. The van der Waals surface area contributed by atoms with Gasteiger partial charge < -0.3 is 5.73 Å². The normalized spacial score (nSPS) is 24.8. The Morgan fingerprint density at radius 3 is 2.45 bits per heavy atom. The van der Waals surface area contributed by atoms with Crippen LogP contribution in [0.25, 0.3) is 0 Å². The van der Waals surface area contributed by atoms with Crippen LogP contribution in [0, 0.1) is 17.6 Å². The van der Waals surface area contributed by atoms with Gasteiger partial charge in [-0.15, -0.1) is 0 Å². The molecule has 0 amide bonds. The number of hydrogen-bond donors (Lipinski definition) is 1. The third-order valence-electron chi connectivity index (χ3n) is 3.74. The Morgan fingerprint density at radius 1 is 1.30 bits per heavy atom. The molecule has 0 radical (unpaired) electrons. The van der Waals surface area contributed by atoms with E-state index in [4.69, 9.17) is 5.73 Å². The smallest absolute Gasteiger partial charge is 0.249 e. The van der Waals surface area contributed by atoms with Gasteiger partial charge >= 0.3 is 0 Å². The quantitative estimate of drug-likeness (QED) is 0.924. The van der Waals surface area contributed by atoms with Gasteiger partial charge in [0.15, 0.2) is 4.90 Å². The highest BCUT2D eigenvalue weighted by Crippen LogP contribution is 2.30. The van der Waals surface area contributed by atoms with Crippen LogP contribution in [0.4, 0.5) is 8.78 Å². The molecule has 1 fully saturated rings. The van der Waals surface area contributed by atoms with E-state index in [-0.39, 0.29) is 18.5 Å². The molecule has 0 saturated carbocycles. The van der Waals surface area contributed by atoms with Crippen molar-refractivity contribution in [1.29, 1.82) is 0 Å². The molecule has 1 aromatic carbocycles. The van der Waals surface area contributed by atoms with Crippen molar-refractivity contribution in [3.05, 3.63) is 29.8 Å². The van der Waals surface area contributed by atoms with Crippen LogP contribution < -0.4 is 5.73 Å². The molecule has 2 N–H and O–H groups in total. The largest absolute Gasteiger partial charge is 0.330 e. The van der Waals surface area contributed by atoms with Gasteiger partial charge in [-0.1, -0.05) is 6.07 Å². The van der Waals surface area contributed by atoms with Gasteiger partial charge in [-0.05, 0) is 44.4 Å². The third kappa shape index (κ3) is 2.70. The van der Waals surface area contributed by atoms with E-state index in [0.29, 0.717) is 13.0 Å². The molecule has 1 heterocycles. The standard InChI is InChI=1S/C13H18F2N2O2S/c1-9-5-6-10(7-16)8-17(9)20(18,19)13-11(14)3-2-4-12(13)15/h2-4,9-10H,5-8,16H2,1H3. The zero-order valence-electron chi connectivity index (χ0n) is 11.2. The Morgan fingerprint density at radius 2 is 1.90 bits per heavy atom. The lowest BCUT2D eigenvalue weighted by Crippen LogP contribution is -2.47. The molecule has 0 spiro atoms. The van der Waals surface area contributed by atoms with Crippen molar-refractivity contribution >= 4 is 10.0 Å². The molecule has 7 heteroatoms. The van der Waals surface area contributed by atoms with Gasteiger partial charge in [-0.3, -0.25) is 0 Å². The number of hydrogen-bond acceptors (Lipinski definition) is 3. The molecular formula is C13H18F2N2O2S. The van der Waals surface area contributed by atoms with Gasteiger partial charge in [0.2, 0.25) is 10.0 Å². The predicted octanol–water partition coefficient (Wildman–Crippen LogP) is 1.71. The second-order valence-electron chi connectivity index (χ2n) is 5.15. The fourth-order valence-corrected chi connectivity index (χ4v) is 4.37. The van der Waals surface area contributed by atoms with E-state index in [1.54, 1.807) is 6.92 Å². The van der Waals surface area contributed by atoms with Crippen molar-refractivity contribution in [3.8, 4) is 0 Å².